The van der Waals surface area contributed by atoms with E-state index in [2.05, 4.69) is 5.32 Å². The maximum absolute atomic E-state index is 12.9. The number of nitrogens with one attached hydrogen (secondary N) is 1. The van der Waals surface area contributed by atoms with E-state index in [1.807, 2.05) is 34.1 Å². The van der Waals surface area contributed by atoms with Crippen LogP contribution in [-0.2, 0) is 15.3 Å². The molecule has 1 fully saturated rings. The van der Waals surface area contributed by atoms with Gasteiger partial charge in [-0.15, -0.1) is 11.8 Å². The first kappa shape index (κ1) is 21.6. The van der Waals surface area contributed by atoms with Crippen molar-refractivity contribution in [2.24, 2.45) is 0 Å². The number of rotatable bonds is 7. The minimum Gasteiger partial charge on any atom is -0.339 e. The van der Waals surface area contributed by atoms with Crippen molar-refractivity contribution in [1.82, 2.24) is 9.80 Å². The fraction of sp³-hybridized carbons (Fsp3) is 0.333. The molecule has 2 aromatic carbocycles. The Balaban J connectivity index is 1.35. The molecule has 29 heavy (non-hydrogen) atoms. The molecular formula is C21H23ClFN3O2S. The molecule has 0 spiro atoms. The molecule has 2 amide bonds. The summed E-state index contributed by atoms with van der Waals surface area (Å²) in [6.07, 6.45) is 0. The largest absolute Gasteiger partial charge is 0.339 e. The van der Waals surface area contributed by atoms with Crippen molar-refractivity contribution in [3.8, 4) is 0 Å². The number of hydrogen-bond acceptors (Lipinski definition) is 4. The molecule has 0 aliphatic carbocycles. The van der Waals surface area contributed by atoms with E-state index in [-0.39, 0.29) is 24.2 Å². The molecule has 0 bridgehead atoms. The number of piperazine rings is 1. The molecule has 1 saturated heterocycles. The molecule has 1 heterocycles. The van der Waals surface area contributed by atoms with Crippen molar-refractivity contribution in [3.05, 3.63) is 64.9 Å². The Kier molecular flexibility index (Phi) is 7.91. The van der Waals surface area contributed by atoms with Gasteiger partial charge in [-0.1, -0.05) is 23.7 Å². The Hall–Kier alpha value is -2.09. The molecule has 2 aromatic rings. The Bertz CT molecular complexity index is 842. The number of hydrogen-bond donors (Lipinski definition) is 1. The van der Waals surface area contributed by atoms with E-state index in [9.17, 15) is 14.0 Å². The average molecular weight is 436 g/mol. The average Bonchev–Trinajstić information content (AvgIpc) is 2.70. The molecule has 1 aliphatic heterocycles. The van der Waals surface area contributed by atoms with Crippen LogP contribution in [-0.4, -0.2) is 60.1 Å². The van der Waals surface area contributed by atoms with Crippen LogP contribution in [0.2, 0.25) is 5.02 Å². The minimum atomic E-state index is -0.338. The first-order valence-corrected chi connectivity index (χ1v) is 10.9. The molecule has 0 saturated carbocycles. The van der Waals surface area contributed by atoms with Crippen molar-refractivity contribution in [2.75, 3.05) is 43.8 Å². The van der Waals surface area contributed by atoms with Crippen LogP contribution in [0.1, 0.15) is 5.56 Å². The van der Waals surface area contributed by atoms with E-state index < -0.39 is 0 Å². The van der Waals surface area contributed by atoms with Crippen LogP contribution in [0.4, 0.5) is 10.1 Å². The number of anilines is 1. The second-order valence-corrected chi connectivity index (χ2v) is 8.26. The summed E-state index contributed by atoms with van der Waals surface area (Å²) in [7, 11) is 0. The summed E-state index contributed by atoms with van der Waals surface area (Å²) in [6.45, 7) is 2.78. The van der Waals surface area contributed by atoms with Crippen LogP contribution in [0.25, 0.3) is 0 Å². The van der Waals surface area contributed by atoms with Gasteiger partial charge in [-0.25, -0.2) is 4.39 Å². The van der Waals surface area contributed by atoms with Crippen LogP contribution in [0.5, 0.6) is 0 Å². The zero-order chi connectivity index (χ0) is 20.6. The third kappa shape index (κ3) is 7.03. The second-order valence-electron chi connectivity index (χ2n) is 6.83. The molecule has 5 nitrogen and oxygen atoms in total. The zero-order valence-corrected chi connectivity index (χ0v) is 17.5. The molecule has 3 rings (SSSR count). The van der Waals surface area contributed by atoms with E-state index in [4.69, 9.17) is 11.6 Å². The summed E-state index contributed by atoms with van der Waals surface area (Å²) >= 11 is 7.55. The first-order chi connectivity index (χ1) is 14.0. The Labute approximate surface area is 179 Å². The maximum atomic E-state index is 12.9. The third-order valence-corrected chi connectivity index (χ3v) is 5.83. The van der Waals surface area contributed by atoms with Gasteiger partial charge in [-0.2, -0.15) is 0 Å². The van der Waals surface area contributed by atoms with Gasteiger partial charge in [-0.05, 0) is 42.0 Å². The lowest BCUT2D eigenvalue weighted by molar-refractivity contribution is -0.130. The summed E-state index contributed by atoms with van der Waals surface area (Å²) in [4.78, 5) is 28.4. The SMILES string of the molecule is O=C(CN1CCN(C(=O)CSCc2cccc(Cl)c2)CC1)Nc1ccc(F)cc1. The van der Waals surface area contributed by atoms with Crippen molar-refractivity contribution in [1.29, 1.82) is 0 Å². The number of amides is 2. The van der Waals surface area contributed by atoms with Gasteiger partial charge in [0.05, 0.1) is 12.3 Å². The molecular weight excluding hydrogens is 413 g/mol. The van der Waals surface area contributed by atoms with Gasteiger partial charge in [0.15, 0.2) is 0 Å². The molecule has 0 aromatic heterocycles. The molecule has 1 aliphatic rings. The Morgan fingerprint density at radius 3 is 2.48 bits per heavy atom. The van der Waals surface area contributed by atoms with Crippen LogP contribution in [0.15, 0.2) is 48.5 Å². The number of nitrogens with zero attached hydrogens (tertiary/aromatic N) is 2. The van der Waals surface area contributed by atoms with Crippen molar-refractivity contribution in [3.63, 3.8) is 0 Å². The predicted octanol–water partition coefficient (Wildman–Crippen LogP) is 3.50. The highest BCUT2D eigenvalue weighted by Gasteiger charge is 2.22. The third-order valence-electron chi connectivity index (χ3n) is 4.60. The molecule has 0 atom stereocenters. The summed E-state index contributed by atoms with van der Waals surface area (Å²) in [6, 6.07) is 13.3. The zero-order valence-electron chi connectivity index (χ0n) is 15.9. The molecule has 0 unspecified atom stereocenters. The van der Waals surface area contributed by atoms with Gasteiger partial charge in [0, 0.05) is 42.6 Å². The lowest BCUT2D eigenvalue weighted by Gasteiger charge is -2.34. The fourth-order valence-electron chi connectivity index (χ4n) is 3.07. The quantitative estimate of drug-likeness (QED) is 0.723. The van der Waals surface area contributed by atoms with Gasteiger partial charge in [0.2, 0.25) is 11.8 Å². The summed E-state index contributed by atoms with van der Waals surface area (Å²) in [5.41, 5.74) is 1.68. The monoisotopic (exact) mass is 435 g/mol. The number of benzene rings is 2. The maximum Gasteiger partial charge on any atom is 0.238 e. The lowest BCUT2D eigenvalue weighted by Crippen LogP contribution is -2.50. The predicted molar refractivity (Wildman–Crippen MR) is 116 cm³/mol. The van der Waals surface area contributed by atoms with Gasteiger partial charge in [-0.3, -0.25) is 14.5 Å². The van der Waals surface area contributed by atoms with E-state index in [1.54, 1.807) is 11.8 Å². The van der Waals surface area contributed by atoms with Crippen molar-refractivity contribution >= 4 is 40.9 Å². The smallest absolute Gasteiger partial charge is 0.238 e. The second kappa shape index (κ2) is 10.6. The van der Waals surface area contributed by atoms with Gasteiger partial charge in [0.25, 0.3) is 0 Å². The number of thioether (sulfide) groups is 1. The molecule has 8 heteroatoms. The van der Waals surface area contributed by atoms with Crippen LogP contribution < -0.4 is 5.32 Å². The molecule has 0 radical (unpaired) electrons. The van der Waals surface area contributed by atoms with Gasteiger partial charge >= 0.3 is 0 Å². The standard InChI is InChI=1S/C21H23ClFN3O2S/c22-17-3-1-2-16(12-17)14-29-15-21(28)26-10-8-25(9-11-26)13-20(27)24-19-6-4-18(23)5-7-19/h1-7,12H,8-11,13-15H2,(H,24,27). The van der Waals surface area contributed by atoms with E-state index in [0.717, 1.165) is 11.3 Å². The normalized spacial score (nSPS) is 14.6. The number of carbonyl (C=O) groups excluding carboxylic acids is 2. The van der Waals surface area contributed by atoms with Crippen molar-refractivity contribution < 1.29 is 14.0 Å². The van der Waals surface area contributed by atoms with E-state index in [0.29, 0.717) is 42.6 Å². The molecule has 154 valence electrons. The van der Waals surface area contributed by atoms with Gasteiger partial charge < -0.3 is 10.2 Å². The van der Waals surface area contributed by atoms with Crippen LogP contribution in [0, 0.1) is 5.82 Å². The Morgan fingerprint density at radius 2 is 1.79 bits per heavy atom. The number of halogens is 2. The summed E-state index contributed by atoms with van der Waals surface area (Å²) in [5.74, 6) is 0.809. The Morgan fingerprint density at radius 1 is 1.07 bits per heavy atom. The number of carbonyl (C=O) groups is 2. The van der Waals surface area contributed by atoms with Crippen LogP contribution >= 0.6 is 23.4 Å². The van der Waals surface area contributed by atoms with E-state index >= 15 is 0 Å². The van der Waals surface area contributed by atoms with E-state index in [1.165, 1.54) is 24.3 Å². The first-order valence-electron chi connectivity index (χ1n) is 9.37. The van der Waals surface area contributed by atoms with Crippen molar-refractivity contribution in [2.45, 2.75) is 5.75 Å². The molecule has 1 N–H and O–H groups in total. The van der Waals surface area contributed by atoms with Crippen LogP contribution in [0.3, 0.4) is 0 Å². The van der Waals surface area contributed by atoms with Gasteiger partial charge in [0.1, 0.15) is 5.82 Å². The highest BCUT2D eigenvalue weighted by atomic mass is 35.5. The highest BCUT2D eigenvalue weighted by molar-refractivity contribution is 7.99. The highest BCUT2D eigenvalue weighted by Crippen LogP contribution is 2.17. The summed E-state index contributed by atoms with van der Waals surface area (Å²) in [5, 5.41) is 3.46. The topological polar surface area (TPSA) is 52.7 Å². The summed E-state index contributed by atoms with van der Waals surface area (Å²) < 4.78 is 12.9. The fourth-order valence-corrected chi connectivity index (χ4v) is 4.15. The minimum absolute atomic E-state index is 0.118. The lowest BCUT2D eigenvalue weighted by atomic mass is 10.2.